The molecular formula is C30H35N3O2. The van der Waals surface area contributed by atoms with Gasteiger partial charge in [-0.05, 0) is 79.1 Å². The van der Waals surface area contributed by atoms with Crippen LogP contribution in [0.4, 0.5) is 0 Å². The summed E-state index contributed by atoms with van der Waals surface area (Å²) in [6.45, 7) is 3.48. The van der Waals surface area contributed by atoms with Gasteiger partial charge in [-0.15, -0.1) is 0 Å². The topological polar surface area (TPSA) is 52.7 Å². The molecule has 3 aromatic rings. The van der Waals surface area contributed by atoms with Crippen molar-refractivity contribution in [1.29, 1.82) is 0 Å². The maximum Gasteiger partial charge on any atom is 0.255 e. The van der Waals surface area contributed by atoms with Crippen LogP contribution in [-0.2, 0) is 4.79 Å². The Hall–Kier alpha value is -2.92. The Kier molecular flexibility index (Phi) is 6.19. The third-order valence-electron chi connectivity index (χ3n) is 8.53. The minimum atomic E-state index is 0.117. The molecule has 5 nitrogen and oxygen atoms in total. The van der Waals surface area contributed by atoms with Gasteiger partial charge in [0.1, 0.15) is 0 Å². The standard InChI is InChI=1S/C30H35N3O2/c34-29(31-24-10-5-11-24)23-9-6-16-33(20-23)25-14-17-32(18-15-25)30(35)28-26-12-3-1-7-21(26)19-22-8-2-4-13-27(22)28/h1-4,7-8,12-13,19,23-25H,5-6,9-11,14-18,20H2,(H,31,34)/t23-/m1/s1. The number of rotatable bonds is 4. The highest BCUT2D eigenvalue weighted by Crippen LogP contribution is 2.31. The highest BCUT2D eigenvalue weighted by molar-refractivity contribution is 6.18. The van der Waals surface area contributed by atoms with E-state index in [1.165, 1.54) is 6.42 Å². The highest BCUT2D eigenvalue weighted by Gasteiger charge is 2.34. The molecule has 0 unspecified atom stereocenters. The van der Waals surface area contributed by atoms with Crippen molar-refractivity contribution in [2.45, 2.75) is 57.0 Å². The lowest BCUT2D eigenvalue weighted by Crippen LogP contribution is -2.52. The van der Waals surface area contributed by atoms with Gasteiger partial charge >= 0.3 is 0 Å². The first-order valence-electron chi connectivity index (χ1n) is 13.4. The molecule has 2 aliphatic heterocycles. The fourth-order valence-electron chi connectivity index (χ4n) is 6.26. The van der Waals surface area contributed by atoms with E-state index in [4.69, 9.17) is 0 Å². The zero-order chi connectivity index (χ0) is 23.8. The number of fused-ring (bicyclic) bond motifs is 2. The Morgan fingerprint density at radius 3 is 2.06 bits per heavy atom. The fourth-order valence-corrected chi connectivity index (χ4v) is 6.26. The lowest BCUT2D eigenvalue weighted by atomic mass is 9.90. The summed E-state index contributed by atoms with van der Waals surface area (Å²) in [6.07, 6.45) is 7.57. The van der Waals surface area contributed by atoms with E-state index < -0.39 is 0 Å². The smallest absolute Gasteiger partial charge is 0.255 e. The number of carbonyl (C=O) groups is 2. The number of likely N-dealkylation sites (tertiary alicyclic amines) is 2. The van der Waals surface area contributed by atoms with Crippen LogP contribution < -0.4 is 5.32 Å². The van der Waals surface area contributed by atoms with Gasteiger partial charge in [-0.3, -0.25) is 14.5 Å². The third kappa shape index (κ3) is 4.42. The number of nitrogens with one attached hydrogen (secondary N) is 1. The molecule has 2 heterocycles. The van der Waals surface area contributed by atoms with Gasteiger partial charge in [-0.1, -0.05) is 48.5 Å². The molecule has 1 N–H and O–H groups in total. The summed E-state index contributed by atoms with van der Waals surface area (Å²) in [6, 6.07) is 19.5. The summed E-state index contributed by atoms with van der Waals surface area (Å²) >= 11 is 0. The molecule has 6 rings (SSSR count). The molecule has 0 radical (unpaired) electrons. The van der Waals surface area contributed by atoms with Crippen molar-refractivity contribution in [1.82, 2.24) is 15.1 Å². The molecule has 1 atom stereocenters. The first kappa shape index (κ1) is 22.5. The van der Waals surface area contributed by atoms with Gasteiger partial charge in [0.05, 0.1) is 11.5 Å². The van der Waals surface area contributed by atoms with E-state index in [2.05, 4.69) is 45.4 Å². The minimum absolute atomic E-state index is 0.117. The summed E-state index contributed by atoms with van der Waals surface area (Å²) in [5.41, 5.74) is 0.836. The van der Waals surface area contributed by atoms with Gasteiger partial charge in [0.2, 0.25) is 5.91 Å². The predicted octanol–water partition coefficient (Wildman–Crippen LogP) is 4.98. The summed E-state index contributed by atoms with van der Waals surface area (Å²) in [4.78, 5) is 31.2. The molecular weight excluding hydrogens is 434 g/mol. The Balaban J connectivity index is 1.15. The second-order valence-corrected chi connectivity index (χ2v) is 10.7. The van der Waals surface area contributed by atoms with Crippen LogP contribution in [-0.4, -0.2) is 59.9 Å². The van der Waals surface area contributed by atoms with Gasteiger partial charge in [0.25, 0.3) is 5.91 Å². The quantitative estimate of drug-likeness (QED) is 0.549. The number of hydrogen-bond acceptors (Lipinski definition) is 3. The van der Waals surface area contributed by atoms with Crippen LogP contribution in [0.5, 0.6) is 0 Å². The second kappa shape index (κ2) is 9.62. The molecule has 0 bridgehead atoms. The molecule has 0 spiro atoms. The van der Waals surface area contributed by atoms with E-state index >= 15 is 0 Å². The fraction of sp³-hybridized carbons (Fsp3) is 0.467. The number of hydrogen-bond donors (Lipinski definition) is 1. The van der Waals surface area contributed by atoms with Gasteiger partial charge in [0.15, 0.2) is 0 Å². The Morgan fingerprint density at radius 1 is 0.771 bits per heavy atom. The highest BCUT2D eigenvalue weighted by atomic mass is 16.2. The second-order valence-electron chi connectivity index (χ2n) is 10.7. The number of piperidine rings is 2. The first-order valence-corrected chi connectivity index (χ1v) is 13.4. The lowest BCUT2D eigenvalue weighted by Gasteiger charge is -2.42. The van der Waals surface area contributed by atoms with Crippen molar-refractivity contribution < 1.29 is 9.59 Å². The van der Waals surface area contributed by atoms with E-state index in [1.54, 1.807) is 0 Å². The van der Waals surface area contributed by atoms with E-state index in [0.29, 0.717) is 12.1 Å². The zero-order valence-electron chi connectivity index (χ0n) is 20.4. The Bertz CT molecular complexity index is 1190. The van der Waals surface area contributed by atoms with Gasteiger partial charge < -0.3 is 10.2 Å². The van der Waals surface area contributed by atoms with Crippen molar-refractivity contribution in [3.05, 3.63) is 60.2 Å². The van der Waals surface area contributed by atoms with Crippen molar-refractivity contribution >= 4 is 33.4 Å². The summed E-state index contributed by atoms with van der Waals surface area (Å²) < 4.78 is 0. The van der Waals surface area contributed by atoms with Crippen LogP contribution in [0.15, 0.2) is 54.6 Å². The van der Waals surface area contributed by atoms with Crippen LogP contribution in [0.3, 0.4) is 0 Å². The number of nitrogens with zero attached hydrogens (tertiary/aromatic N) is 2. The molecule has 2 amide bonds. The average molecular weight is 470 g/mol. The van der Waals surface area contributed by atoms with Crippen molar-refractivity contribution in [3.8, 4) is 0 Å². The molecule has 5 heteroatoms. The number of carbonyl (C=O) groups excluding carboxylic acids is 2. The molecule has 1 saturated carbocycles. The Morgan fingerprint density at radius 2 is 1.43 bits per heavy atom. The van der Waals surface area contributed by atoms with E-state index in [1.807, 2.05) is 24.3 Å². The average Bonchev–Trinajstić information content (AvgIpc) is 2.89. The minimum Gasteiger partial charge on any atom is -0.353 e. The molecule has 2 saturated heterocycles. The van der Waals surface area contributed by atoms with Crippen LogP contribution in [0.25, 0.3) is 21.5 Å². The summed E-state index contributed by atoms with van der Waals surface area (Å²) in [5, 5.41) is 7.56. The number of amides is 2. The summed E-state index contributed by atoms with van der Waals surface area (Å²) in [5.74, 6) is 0.522. The molecule has 3 aromatic carbocycles. The molecule has 1 aliphatic carbocycles. The molecule has 3 aliphatic rings. The largest absolute Gasteiger partial charge is 0.353 e. The molecule has 182 valence electrons. The van der Waals surface area contributed by atoms with Gasteiger partial charge in [-0.2, -0.15) is 0 Å². The SMILES string of the molecule is O=C(NC1CCC1)[C@@H]1CCCN(C2CCN(C(=O)c3c4ccccc4cc4ccccc34)CC2)C1. The van der Waals surface area contributed by atoms with Crippen molar-refractivity contribution in [2.24, 2.45) is 5.92 Å². The summed E-state index contributed by atoms with van der Waals surface area (Å²) in [7, 11) is 0. The van der Waals surface area contributed by atoms with Gasteiger partial charge in [-0.25, -0.2) is 0 Å². The third-order valence-corrected chi connectivity index (χ3v) is 8.53. The molecule has 35 heavy (non-hydrogen) atoms. The van der Waals surface area contributed by atoms with Crippen molar-refractivity contribution in [2.75, 3.05) is 26.2 Å². The van der Waals surface area contributed by atoms with E-state index in [9.17, 15) is 9.59 Å². The predicted molar refractivity (Wildman–Crippen MR) is 140 cm³/mol. The van der Waals surface area contributed by atoms with Crippen LogP contribution in [0.2, 0.25) is 0 Å². The van der Waals surface area contributed by atoms with E-state index in [-0.39, 0.29) is 17.7 Å². The Labute approximate surface area is 207 Å². The van der Waals surface area contributed by atoms with E-state index in [0.717, 1.165) is 91.8 Å². The van der Waals surface area contributed by atoms with Crippen LogP contribution in [0.1, 0.15) is 55.3 Å². The number of benzene rings is 3. The molecule has 3 fully saturated rings. The van der Waals surface area contributed by atoms with Crippen LogP contribution >= 0.6 is 0 Å². The maximum absolute atomic E-state index is 13.8. The zero-order valence-corrected chi connectivity index (χ0v) is 20.4. The molecule has 0 aromatic heterocycles. The normalized spacial score (nSPS) is 22.3. The first-order chi connectivity index (χ1) is 17.2. The van der Waals surface area contributed by atoms with Crippen LogP contribution in [0, 0.1) is 5.92 Å². The van der Waals surface area contributed by atoms with Crippen molar-refractivity contribution in [3.63, 3.8) is 0 Å². The maximum atomic E-state index is 13.8. The monoisotopic (exact) mass is 469 g/mol. The van der Waals surface area contributed by atoms with Gasteiger partial charge in [0, 0.05) is 31.7 Å². The lowest BCUT2D eigenvalue weighted by molar-refractivity contribution is -0.128.